The molecule has 2 saturated heterocycles. The van der Waals surface area contributed by atoms with Gasteiger partial charge in [0, 0.05) is 80.7 Å². The molecule has 4 unspecified atom stereocenters. The Morgan fingerprint density at radius 1 is 1.23 bits per heavy atom. The summed E-state index contributed by atoms with van der Waals surface area (Å²) in [6.45, 7) is 26.0. The smallest absolute Gasteiger partial charge is 0.410 e. The number of nitrogens with zero attached hydrogens (tertiary/aromatic N) is 5. The van der Waals surface area contributed by atoms with Crippen LogP contribution in [0.25, 0.3) is 17.0 Å². The fourth-order valence-electron chi connectivity index (χ4n) is 8.16. The summed E-state index contributed by atoms with van der Waals surface area (Å²) in [6, 6.07) is 2.23. The average Bonchev–Trinajstić information content (AvgIpc) is 3.48. The van der Waals surface area contributed by atoms with Gasteiger partial charge in [0.25, 0.3) is 0 Å². The summed E-state index contributed by atoms with van der Waals surface area (Å²) in [6.07, 6.45) is 6.55. The van der Waals surface area contributed by atoms with Gasteiger partial charge in [-0.1, -0.05) is 40.0 Å². The first-order valence-electron chi connectivity index (χ1n) is 21.7. The molecule has 0 spiro atoms. The highest BCUT2D eigenvalue weighted by molar-refractivity contribution is 5.92. The molecule has 1 aromatic heterocycles. The molecule has 15 heteroatoms. The first-order chi connectivity index (χ1) is 28.9. The predicted molar refractivity (Wildman–Crippen MR) is 238 cm³/mol. The van der Waals surface area contributed by atoms with Crippen molar-refractivity contribution in [3.63, 3.8) is 0 Å². The van der Waals surface area contributed by atoms with E-state index in [1.165, 1.54) is 4.90 Å². The third-order valence-electron chi connectivity index (χ3n) is 11.3. The van der Waals surface area contributed by atoms with Gasteiger partial charge in [0.1, 0.15) is 24.0 Å². The number of aliphatic imine (C=N–C) groups is 1. The standard InChI is InChI=1S/C46H68FN7O7/c1-12-17-48-38(31(5)58-11)25-40-34-26-46(9,10)29-60-43(56)36-16-15-19-54(50-36)30(4)37(49-42(55)28-52(18-13-2)44(57)61-45(6,7)8)22-32-27-51(20-21-59-32)41-23-33(34)39(24-35(41)47)53(40)14-3/h12,17,23-25,31-32,36-37,50H,1,4,13-16,18-22,26-29H2,2-3,5-11H3,(H,49,55)/b38-25+,48-17?. The number of methoxy groups -OCH3 is 1. The van der Waals surface area contributed by atoms with Gasteiger partial charge in [-0.05, 0) is 78.0 Å². The van der Waals surface area contributed by atoms with Crippen LogP contribution >= 0.6 is 0 Å². The van der Waals surface area contributed by atoms with Crippen molar-refractivity contribution in [1.82, 2.24) is 25.2 Å². The monoisotopic (exact) mass is 850 g/mol. The van der Waals surface area contributed by atoms with Crippen molar-refractivity contribution < 1.29 is 37.7 Å². The van der Waals surface area contributed by atoms with Crippen molar-refractivity contribution in [3.05, 3.63) is 59.8 Å². The van der Waals surface area contributed by atoms with Crippen LogP contribution in [0.15, 0.2) is 47.8 Å². The Kier molecular flexibility index (Phi) is 15.8. The maximum absolute atomic E-state index is 16.6. The van der Waals surface area contributed by atoms with Crippen LogP contribution in [0.5, 0.6) is 0 Å². The molecule has 2 aromatic rings. The minimum absolute atomic E-state index is 0.132. The minimum Gasteiger partial charge on any atom is -0.464 e. The van der Waals surface area contributed by atoms with Crippen molar-refractivity contribution in [2.75, 3.05) is 57.9 Å². The molecule has 3 aliphatic rings. The molecule has 0 saturated carbocycles. The Hall–Kier alpha value is -4.73. The number of carbonyl (C=O) groups excluding carboxylic acids is 3. The summed E-state index contributed by atoms with van der Waals surface area (Å²) < 4.78 is 42.4. The lowest BCUT2D eigenvalue weighted by Crippen LogP contribution is -2.57. The number of fused-ring (bicyclic) bond motifs is 6. The number of amides is 2. The van der Waals surface area contributed by atoms with Crippen molar-refractivity contribution in [2.24, 2.45) is 10.4 Å². The second-order valence-electron chi connectivity index (χ2n) is 18.0. The maximum Gasteiger partial charge on any atom is 0.410 e. The van der Waals surface area contributed by atoms with Crippen molar-refractivity contribution in [3.8, 4) is 0 Å². The predicted octanol–water partition coefficient (Wildman–Crippen LogP) is 6.77. The van der Waals surface area contributed by atoms with Crippen molar-refractivity contribution in [1.29, 1.82) is 0 Å². The van der Waals surface area contributed by atoms with Gasteiger partial charge in [-0.15, -0.1) is 0 Å². The van der Waals surface area contributed by atoms with E-state index in [1.54, 1.807) is 46.2 Å². The van der Waals surface area contributed by atoms with Gasteiger partial charge in [0.15, 0.2) is 0 Å². The molecule has 4 heterocycles. The molecular weight excluding hydrogens is 782 g/mol. The van der Waals surface area contributed by atoms with Gasteiger partial charge in [-0.3, -0.25) is 19.5 Å². The number of esters is 1. The largest absolute Gasteiger partial charge is 0.464 e. The molecule has 3 aliphatic heterocycles. The number of anilines is 1. The summed E-state index contributed by atoms with van der Waals surface area (Å²) in [4.78, 5) is 48.8. The number of allylic oxidation sites excluding steroid dienone is 1. The number of ether oxygens (including phenoxy) is 4. The SMILES string of the molecule is C=CC=N/C(=C/c1c2c3cc(c(F)cc3n1CC)N1CCOC(CC(NC(=O)CN(CCC)C(=O)OC(C)(C)C)C(=C)N3CCCC(N3)C(=O)OCC(C)(C)C2)C1)C(C)OC. The Labute approximate surface area is 361 Å². The van der Waals surface area contributed by atoms with Gasteiger partial charge >= 0.3 is 12.1 Å². The molecule has 336 valence electrons. The molecule has 4 atom stereocenters. The Morgan fingerprint density at radius 3 is 2.66 bits per heavy atom. The number of halogens is 1. The zero-order chi connectivity index (χ0) is 44.6. The van der Waals surface area contributed by atoms with E-state index in [2.05, 4.69) is 47.3 Å². The van der Waals surface area contributed by atoms with E-state index >= 15 is 4.39 Å². The Balaban J connectivity index is 1.59. The molecule has 0 radical (unpaired) electrons. The number of nitrogens with one attached hydrogen (secondary N) is 2. The normalized spacial score (nSPS) is 22.1. The minimum atomic E-state index is -0.732. The highest BCUT2D eigenvalue weighted by atomic mass is 19.1. The molecule has 2 amide bonds. The number of carbonyl (C=O) groups is 3. The van der Waals surface area contributed by atoms with Gasteiger partial charge in [-0.2, -0.15) is 0 Å². The van der Waals surface area contributed by atoms with Crippen LogP contribution in [0, 0.1) is 11.2 Å². The van der Waals surface area contributed by atoms with Crippen LogP contribution in [-0.2, 0) is 41.5 Å². The molecule has 6 bridgehead atoms. The summed E-state index contributed by atoms with van der Waals surface area (Å²) in [7, 11) is 1.63. The van der Waals surface area contributed by atoms with Gasteiger partial charge in [0.2, 0.25) is 5.91 Å². The molecule has 0 aliphatic carbocycles. The summed E-state index contributed by atoms with van der Waals surface area (Å²) in [5.41, 5.74) is 6.30. The van der Waals surface area contributed by atoms with Gasteiger partial charge in [-0.25, -0.2) is 14.6 Å². The Bertz CT molecular complexity index is 1990. The third-order valence-corrected chi connectivity index (χ3v) is 11.3. The topological polar surface area (TPSA) is 139 Å². The van der Waals surface area contributed by atoms with Crippen LogP contribution in [0.4, 0.5) is 14.9 Å². The summed E-state index contributed by atoms with van der Waals surface area (Å²) in [5.74, 6) is -1.15. The third kappa shape index (κ3) is 12.0. The fourth-order valence-corrected chi connectivity index (χ4v) is 8.16. The van der Waals surface area contributed by atoms with Crippen molar-refractivity contribution >= 4 is 46.9 Å². The number of hydrogen-bond donors (Lipinski definition) is 2. The first kappa shape index (κ1) is 47.3. The first-order valence-corrected chi connectivity index (χ1v) is 21.7. The highest BCUT2D eigenvalue weighted by Crippen LogP contribution is 2.38. The number of aryl methyl sites for hydroxylation is 1. The molecular formula is C46H68FN7O7. The van der Waals surface area contributed by atoms with Crippen molar-refractivity contribution in [2.45, 2.75) is 124 Å². The van der Waals surface area contributed by atoms with Crippen LogP contribution in [0.3, 0.4) is 0 Å². The van der Waals surface area contributed by atoms with Gasteiger partial charge < -0.3 is 38.7 Å². The van der Waals surface area contributed by atoms with E-state index in [9.17, 15) is 14.4 Å². The molecule has 1 aromatic carbocycles. The quantitative estimate of drug-likeness (QED) is 0.184. The lowest BCUT2D eigenvalue weighted by Gasteiger charge is -2.41. The zero-order valence-corrected chi connectivity index (χ0v) is 37.8. The van der Waals surface area contributed by atoms with E-state index < -0.39 is 41.2 Å². The molecule has 61 heavy (non-hydrogen) atoms. The second kappa shape index (κ2) is 20.4. The van der Waals surface area contributed by atoms with Crippen LogP contribution in [-0.4, -0.2) is 122 Å². The number of morpholine rings is 1. The highest BCUT2D eigenvalue weighted by Gasteiger charge is 2.36. The van der Waals surface area contributed by atoms with Gasteiger partial charge in [0.05, 0.1) is 48.4 Å². The summed E-state index contributed by atoms with van der Waals surface area (Å²) >= 11 is 0. The fraction of sp³-hybridized carbons (Fsp3) is 0.609. The lowest BCUT2D eigenvalue weighted by molar-refractivity contribution is -0.152. The molecule has 14 nitrogen and oxygen atoms in total. The number of hydrazine groups is 1. The van der Waals surface area contributed by atoms with Crippen LogP contribution in [0.1, 0.15) is 92.3 Å². The molecule has 5 rings (SSSR count). The van der Waals surface area contributed by atoms with E-state index in [-0.39, 0.29) is 31.0 Å². The maximum atomic E-state index is 16.6. The van der Waals surface area contributed by atoms with E-state index in [1.807, 2.05) is 42.8 Å². The summed E-state index contributed by atoms with van der Waals surface area (Å²) in [5, 5.41) is 5.82. The van der Waals surface area contributed by atoms with E-state index in [0.29, 0.717) is 88.5 Å². The number of aromatic nitrogens is 1. The number of hydrogen-bond acceptors (Lipinski definition) is 11. The molecule has 2 N–H and O–H groups in total. The second-order valence-corrected chi connectivity index (χ2v) is 18.0. The number of rotatable bonds is 11. The average molecular weight is 850 g/mol. The van der Waals surface area contributed by atoms with E-state index in [4.69, 9.17) is 18.9 Å². The lowest BCUT2D eigenvalue weighted by atomic mass is 9.85. The number of benzene rings is 1. The zero-order valence-electron chi connectivity index (χ0n) is 37.8. The van der Waals surface area contributed by atoms with Crippen LogP contribution < -0.4 is 15.6 Å². The van der Waals surface area contributed by atoms with E-state index in [0.717, 1.165) is 22.2 Å². The molecule has 2 fully saturated rings. The Morgan fingerprint density at radius 2 is 1.98 bits per heavy atom. The number of cyclic esters (lactones) is 1. The van der Waals surface area contributed by atoms with Crippen LogP contribution in [0.2, 0.25) is 0 Å².